The van der Waals surface area contributed by atoms with E-state index in [1.807, 2.05) is 19.2 Å². The number of nitrogens with two attached hydrogens (primary N) is 1. The molecule has 1 aliphatic heterocycles. The lowest BCUT2D eigenvalue weighted by molar-refractivity contribution is 0.599. The largest absolute Gasteiger partial charge is 0.353 e. The van der Waals surface area contributed by atoms with E-state index in [1.165, 1.54) is 11.8 Å². The lowest BCUT2D eigenvalue weighted by atomic mass is 10.2. The summed E-state index contributed by atoms with van der Waals surface area (Å²) < 4.78 is 22.7. The van der Waals surface area contributed by atoms with Gasteiger partial charge in [0, 0.05) is 32.4 Å². The Morgan fingerprint density at radius 1 is 1.18 bits per heavy atom. The molecule has 0 saturated carbocycles. The molecule has 2 aromatic heterocycles. The first-order valence-electron chi connectivity index (χ1n) is 6.85. The second kappa shape index (κ2) is 5.82. The molecule has 2 aromatic rings. The minimum Gasteiger partial charge on any atom is -0.353 e. The highest BCUT2D eigenvalue weighted by atomic mass is 32.2. The highest BCUT2D eigenvalue weighted by Crippen LogP contribution is 2.26. The number of hydrogen-bond donors (Lipinski definition) is 1. The van der Waals surface area contributed by atoms with E-state index < -0.39 is 10.0 Å². The van der Waals surface area contributed by atoms with E-state index in [1.54, 1.807) is 0 Å². The van der Waals surface area contributed by atoms with Crippen molar-refractivity contribution in [2.45, 2.75) is 11.1 Å². The summed E-state index contributed by atoms with van der Waals surface area (Å²) in [4.78, 5) is 12.9. The van der Waals surface area contributed by atoms with Crippen LogP contribution in [0.2, 0.25) is 0 Å². The van der Waals surface area contributed by atoms with E-state index in [9.17, 15) is 8.42 Å². The van der Waals surface area contributed by atoms with Gasteiger partial charge in [-0.05, 0) is 24.6 Å². The normalized spacial score (nSPS) is 16.1. The number of pyridine rings is 1. The quantitative estimate of drug-likeness (QED) is 0.890. The average Bonchev–Trinajstić information content (AvgIpc) is 2.97. The third kappa shape index (κ3) is 3.21. The van der Waals surface area contributed by atoms with Gasteiger partial charge in [-0.1, -0.05) is 11.3 Å². The van der Waals surface area contributed by atoms with Crippen molar-refractivity contribution in [1.29, 1.82) is 0 Å². The molecule has 3 rings (SSSR count). The minimum absolute atomic E-state index is 0.102. The molecule has 9 heteroatoms. The Bertz CT molecular complexity index is 766. The first-order chi connectivity index (χ1) is 10.4. The number of thiazole rings is 1. The second-order valence-electron chi connectivity index (χ2n) is 5.17. The van der Waals surface area contributed by atoms with Crippen molar-refractivity contribution in [1.82, 2.24) is 9.97 Å². The van der Waals surface area contributed by atoms with Gasteiger partial charge in [-0.15, -0.1) is 0 Å². The van der Waals surface area contributed by atoms with Crippen molar-refractivity contribution >= 4 is 32.3 Å². The molecule has 118 valence electrons. The first-order valence-corrected chi connectivity index (χ1v) is 9.21. The Morgan fingerprint density at radius 2 is 1.86 bits per heavy atom. The molecule has 0 unspecified atom stereocenters. The fourth-order valence-corrected chi connectivity index (χ4v) is 3.94. The van der Waals surface area contributed by atoms with Gasteiger partial charge in [0.05, 0.1) is 6.20 Å². The standard InChI is InChI=1S/C13H17N5O2S2/c1-10-2-3-15-11(8-10)17-4-6-18(7-5-17)13-16-9-12(21-13)22(14,19)20/h2-3,8-9H,4-7H2,1H3,(H2,14,19,20). The van der Waals surface area contributed by atoms with Gasteiger partial charge in [-0.3, -0.25) is 0 Å². The molecule has 0 spiro atoms. The van der Waals surface area contributed by atoms with Gasteiger partial charge in [0.25, 0.3) is 0 Å². The van der Waals surface area contributed by atoms with Crippen LogP contribution in [0.1, 0.15) is 5.56 Å². The zero-order valence-corrected chi connectivity index (χ0v) is 13.8. The van der Waals surface area contributed by atoms with Gasteiger partial charge in [-0.25, -0.2) is 23.5 Å². The summed E-state index contributed by atoms with van der Waals surface area (Å²) in [6, 6.07) is 4.04. The van der Waals surface area contributed by atoms with Crippen LogP contribution >= 0.6 is 11.3 Å². The monoisotopic (exact) mass is 339 g/mol. The molecule has 0 atom stereocenters. The van der Waals surface area contributed by atoms with E-state index in [-0.39, 0.29) is 4.21 Å². The summed E-state index contributed by atoms with van der Waals surface area (Å²) in [5.41, 5.74) is 1.19. The molecule has 1 saturated heterocycles. The van der Waals surface area contributed by atoms with Crippen molar-refractivity contribution < 1.29 is 8.42 Å². The fourth-order valence-electron chi connectivity index (χ4n) is 2.35. The molecule has 2 N–H and O–H groups in total. The Hall–Kier alpha value is -1.71. The minimum atomic E-state index is -3.67. The zero-order chi connectivity index (χ0) is 15.7. The fraction of sp³-hybridized carbons (Fsp3) is 0.385. The molecule has 0 bridgehead atoms. The predicted octanol–water partition coefficient (Wildman–Crippen LogP) is 0.821. The maximum atomic E-state index is 11.3. The molecule has 0 aromatic carbocycles. The number of sulfonamides is 1. The number of aryl methyl sites for hydroxylation is 1. The van der Waals surface area contributed by atoms with Crippen LogP contribution in [-0.4, -0.2) is 44.6 Å². The molecule has 7 nitrogen and oxygen atoms in total. The summed E-state index contributed by atoms with van der Waals surface area (Å²) in [5, 5.41) is 5.81. The topological polar surface area (TPSA) is 92.4 Å². The van der Waals surface area contributed by atoms with Crippen molar-refractivity contribution in [3.05, 3.63) is 30.1 Å². The summed E-state index contributed by atoms with van der Waals surface area (Å²) >= 11 is 1.11. The van der Waals surface area contributed by atoms with Gasteiger partial charge in [0.15, 0.2) is 9.34 Å². The molecule has 3 heterocycles. The van der Waals surface area contributed by atoms with Crippen LogP contribution in [-0.2, 0) is 10.0 Å². The van der Waals surface area contributed by atoms with E-state index in [0.717, 1.165) is 43.3 Å². The molecule has 0 aliphatic carbocycles. The lowest BCUT2D eigenvalue weighted by Gasteiger charge is -2.35. The third-order valence-corrected chi connectivity index (χ3v) is 5.99. The molecule has 1 fully saturated rings. The van der Waals surface area contributed by atoms with Crippen LogP contribution in [0, 0.1) is 6.92 Å². The molecule has 22 heavy (non-hydrogen) atoms. The van der Waals surface area contributed by atoms with E-state index in [4.69, 9.17) is 5.14 Å². The van der Waals surface area contributed by atoms with E-state index in [0.29, 0.717) is 5.13 Å². The average molecular weight is 339 g/mol. The Morgan fingerprint density at radius 3 is 2.45 bits per heavy atom. The van der Waals surface area contributed by atoms with Crippen molar-refractivity contribution in [2.75, 3.05) is 36.0 Å². The van der Waals surface area contributed by atoms with Crippen molar-refractivity contribution in [3.63, 3.8) is 0 Å². The van der Waals surface area contributed by atoms with Gasteiger partial charge >= 0.3 is 0 Å². The van der Waals surface area contributed by atoms with Gasteiger partial charge in [-0.2, -0.15) is 0 Å². The third-order valence-electron chi connectivity index (χ3n) is 3.53. The molecule has 0 amide bonds. The number of hydrogen-bond acceptors (Lipinski definition) is 7. The van der Waals surface area contributed by atoms with Crippen molar-refractivity contribution in [2.24, 2.45) is 5.14 Å². The van der Waals surface area contributed by atoms with Gasteiger partial charge in [0.2, 0.25) is 10.0 Å². The number of anilines is 2. The molecule has 1 aliphatic rings. The Balaban J connectivity index is 1.68. The van der Waals surface area contributed by atoms with E-state index in [2.05, 4.69) is 25.8 Å². The summed E-state index contributed by atoms with van der Waals surface area (Å²) in [6.07, 6.45) is 3.14. The highest BCUT2D eigenvalue weighted by Gasteiger charge is 2.22. The van der Waals surface area contributed by atoms with Crippen LogP contribution < -0.4 is 14.9 Å². The molecular formula is C13H17N5O2S2. The highest BCUT2D eigenvalue weighted by molar-refractivity contribution is 7.91. The SMILES string of the molecule is Cc1ccnc(N2CCN(c3ncc(S(N)(=O)=O)s3)CC2)c1. The van der Waals surface area contributed by atoms with Crippen LogP contribution in [0.5, 0.6) is 0 Å². The number of aromatic nitrogens is 2. The maximum absolute atomic E-state index is 11.3. The Kier molecular flexibility index (Phi) is 4.02. The second-order valence-corrected chi connectivity index (χ2v) is 7.97. The lowest BCUT2D eigenvalue weighted by Crippen LogP contribution is -2.46. The number of piperazine rings is 1. The van der Waals surface area contributed by atoms with Crippen LogP contribution in [0.4, 0.5) is 10.9 Å². The predicted molar refractivity (Wildman–Crippen MR) is 86.9 cm³/mol. The first kappa shape index (κ1) is 15.2. The summed E-state index contributed by atoms with van der Waals surface area (Å²) in [5.74, 6) is 0.976. The zero-order valence-electron chi connectivity index (χ0n) is 12.1. The van der Waals surface area contributed by atoms with Crippen LogP contribution in [0.3, 0.4) is 0 Å². The number of nitrogens with zero attached hydrogens (tertiary/aromatic N) is 4. The summed E-state index contributed by atoms with van der Waals surface area (Å²) in [7, 11) is -3.67. The molecule has 0 radical (unpaired) electrons. The van der Waals surface area contributed by atoms with Gasteiger partial charge < -0.3 is 9.80 Å². The van der Waals surface area contributed by atoms with E-state index >= 15 is 0 Å². The van der Waals surface area contributed by atoms with Crippen LogP contribution in [0.15, 0.2) is 28.7 Å². The maximum Gasteiger partial charge on any atom is 0.249 e. The number of rotatable bonds is 3. The van der Waals surface area contributed by atoms with Crippen molar-refractivity contribution in [3.8, 4) is 0 Å². The smallest absolute Gasteiger partial charge is 0.249 e. The Labute approximate surface area is 133 Å². The number of primary sulfonamides is 1. The molecular weight excluding hydrogens is 322 g/mol. The van der Waals surface area contributed by atoms with Crippen LogP contribution in [0.25, 0.3) is 0 Å². The van der Waals surface area contributed by atoms with Gasteiger partial charge in [0.1, 0.15) is 5.82 Å². The summed E-state index contributed by atoms with van der Waals surface area (Å²) in [6.45, 7) is 5.23.